The monoisotopic (exact) mass is 243 g/mol. The van der Waals surface area contributed by atoms with E-state index in [1.54, 1.807) is 12.3 Å². The highest BCUT2D eigenvalue weighted by atomic mass is 32.1. The first-order valence-electron chi connectivity index (χ1n) is 5.14. The summed E-state index contributed by atoms with van der Waals surface area (Å²) in [6.07, 6.45) is 0. The number of hydrogen-bond donors (Lipinski definition) is 1. The average molecular weight is 243 g/mol. The minimum atomic E-state index is -0.362. The van der Waals surface area contributed by atoms with Crippen molar-refractivity contribution in [2.45, 2.75) is 6.92 Å². The van der Waals surface area contributed by atoms with Gasteiger partial charge in [0.15, 0.2) is 10.8 Å². The quantitative estimate of drug-likeness (QED) is 0.763. The molecule has 0 fully saturated rings. The van der Waals surface area contributed by atoms with Crippen LogP contribution in [-0.4, -0.2) is 49.6 Å². The molecule has 0 saturated carbocycles. The lowest BCUT2D eigenvalue weighted by atomic mass is 10.5. The van der Waals surface area contributed by atoms with E-state index in [0.29, 0.717) is 12.3 Å². The number of esters is 1. The lowest BCUT2D eigenvalue weighted by molar-refractivity contribution is 0.0520. The van der Waals surface area contributed by atoms with Crippen molar-refractivity contribution in [3.8, 4) is 0 Å². The highest BCUT2D eigenvalue weighted by molar-refractivity contribution is 7.13. The Morgan fingerprint density at radius 2 is 2.38 bits per heavy atom. The van der Waals surface area contributed by atoms with Gasteiger partial charge in [-0.25, -0.2) is 9.78 Å². The fraction of sp³-hybridized carbons (Fsp3) is 0.600. The summed E-state index contributed by atoms with van der Waals surface area (Å²) in [7, 11) is 4.02. The summed E-state index contributed by atoms with van der Waals surface area (Å²) in [5, 5.41) is 5.61. The summed E-state index contributed by atoms with van der Waals surface area (Å²) in [6.45, 7) is 3.89. The molecule has 0 atom stereocenters. The third kappa shape index (κ3) is 4.16. The Bertz CT molecular complexity index is 339. The molecule has 1 heterocycles. The summed E-state index contributed by atoms with van der Waals surface area (Å²) >= 11 is 1.41. The number of likely N-dealkylation sites (N-methyl/N-ethyl adjacent to an activating group) is 1. The number of anilines is 1. The van der Waals surface area contributed by atoms with Crippen molar-refractivity contribution in [1.29, 1.82) is 0 Å². The van der Waals surface area contributed by atoms with Crippen molar-refractivity contribution >= 4 is 22.4 Å². The van der Waals surface area contributed by atoms with E-state index in [1.807, 2.05) is 14.1 Å². The smallest absolute Gasteiger partial charge is 0.357 e. The number of nitrogens with zero attached hydrogens (tertiary/aromatic N) is 2. The number of carbonyl (C=O) groups excluding carboxylic acids is 1. The van der Waals surface area contributed by atoms with E-state index in [9.17, 15) is 4.79 Å². The Labute approximate surface area is 99.4 Å². The molecule has 0 bridgehead atoms. The molecule has 16 heavy (non-hydrogen) atoms. The molecule has 0 aliphatic heterocycles. The summed E-state index contributed by atoms with van der Waals surface area (Å²) < 4.78 is 4.85. The molecular weight excluding hydrogens is 226 g/mol. The third-order valence-electron chi connectivity index (χ3n) is 1.82. The molecule has 0 saturated heterocycles. The van der Waals surface area contributed by atoms with Gasteiger partial charge in [0.1, 0.15) is 0 Å². The van der Waals surface area contributed by atoms with E-state index in [-0.39, 0.29) is 5.97 Å². The number of hydrogen-bond acceptors (Lipinski definition) is 6. The maximum Gasteiger partial charge on any atom is 0.357 e. The summed E-state index contributed by atoms with van der Waals surface area (Å²) in [6, 6.07) is 0. The second-order valence-electron chi connectivity index (χ2n) is 3.49. The molecule has 5 nitrogen and oxygen atoms in total. The number of aromatic nitrogens is 1. The van der Waals surface area contributed by atoms with Crippen LogP contribution in [0.3, 0.4) is 0 Å². The van der Waals surface area contributed by atoms with Crippen molar-refractivity contribution in [1.82, 2.24) is 9.88 Å². The predicted octanol–water partition coefficient (Wildman–Crippen LogP) is 1.29. The Morgan fingerprint density at radius 3 is 3.00 bits per heavy atom. The first-order valence-corrected chi connectivity index (χ1v) is 6.02. The third-order valence-corrected chi connectivity index (χ3v) is 2.62. The molecular formula is C10H17N3O2S. The van der Waals surface area contributed by atoms with E-state index < -0.39 is 0 Å². The van der Waals surface area contributed by atoms with Gasteiger partial charge >= 0.3 is 5.97 Å². The normalized spacial score (nSPS) is 10.5. The number of ether oxygens (including phenoxy) is 1. The lowest BCUT2D eigenvalue weighted by Crippen LogP contribution is -2.20. The Morgan fingerprint density at radius 1 is 1.62 bits per heavy atom. The van der Waals surface area contributed by atoms with E-state index in [2.05, 4.69) is 15.2 Å². The lowest BCUT2D eigenvalue weighted by Gasteiger charge is -2.08. The summed E-state index contributed by atoms with van der Waals surface area (Å²) in [4.78, 5) is 17.5. The fourth-order valence-corrected chi connectivity index (χ4v) is 1.75. The van der Waals surface area contributed by atoms with Gasteiger partial charge in [0.05, 0.1) is 6.61 Å². The van der Waals surface area contributed by atoms with Crippen molar-refractivity contribution < 1.29 is 9.53 Å². The Kier molecular flexibility index (Phi) is 5.21. The van der Waals surface area contributed by atoms with Crippen molar-refractivity contribution in [2.75, 3.05) is 39.1 Å². The molecule has 0 aliphatic carbocycles. The molecule has 90 valence electrons. The van der Waals surface area contributed by atoms with Gasteiger partial charge in [0.2, 0.25) is 0 Å². The van der Waals surface area contributed by atoms with Gasteiger partial charge in [-0.1, -0.05) is 0 Å². The average Bonchev–Trinajstić information content (AvgIpc) is 2.66. The van der Waals surface area contributed by atoms with Crippen LogP contribution in [0.15, 0.2) is 5.38 Å². The van der Waals surface area contributed by atoms with Crippen LogP contribution in [-0.2, 0) is 4.74 Å². The number of thiazole rings is 1. The molecule has 0 amide bonds. The van der Waals surface area contributed by atoms with Crippen LogP contribution in [0.5, 0.6) is 0 Å². The second kappa shape index (κ2) is 6.44. The van der Waals surface area contributed by atoms with E-state index in [0.717, 1.165) is 18.2 Å². The van der Waals surface area contributed by atoms with Crippen LogP contribution in [0.25, 0.3) is 0 Å². The molecule has 1 aromatic rings. The zero-order valence-corrected chi connectivity index (χ0v) is 10.6. The maximum atomic E-state index is 11.3. The minimum Gasteiger partial charge on any atom is -0.461 e. The maximum absolute atomic E-state index is 11.3. The number of rotatable bonds is 6. The van der Waals surface area contributed by atoms with Crippen LogP contribution < -0.4 is 5.32 Å². The predicted molar refractivity (Wildman–Crippen MR) is 65.1 cm³/mol. The van der Waals surface area contributed by atoms with Crippen molar-refractivity contribution in [2.24, 2.45) is 0 Å². The van der Waals surface area contributed by atoms with E-state index in [4.69, 9.17) is 4.74 Å². The van der Waals surface area contributed by atoms with E-state index >= 15 is 0 Å². The van der Waals surface area contributed by atoms with Crippen LogP contribution in [0.4, 0.5) is 5.13 Å². The van der Waals surface area contributed by atoms with Crippen LogP contribution >= 0.6 is 11.3 Å². The van der Waals surface area contributed by atoms with Crippen LogP contribution in [0, 0.1) is 0 Å². The van der Waals surface area contributed by atoms with Gasteiger partial charge in [0.25, 0.3) is 0 Å². The molecule has 1 N–H and O–H groups in total. The Balaban J connectivity index is 2.42. The SMILES string of the molecule is CCOC(=O)c1csc(NCCN(C)C)n1. The van der Waals surface area contributed by atoms with Crippen molar-refractivity contribution in [3.63, 3.8) is 0 Å². The summed E-state index contributed by atoms with van der Waals surface area (Å²) in [5.41, 5.74) is 0.374. The fourth-order valence-electron chi connectivity index (χ4n) is 1.04. The van der Waals surface area contributed by atoms with Crippen LogP contribution in [0.1, 0.15) is 17.4 Å². The van der Waals surface area contributed by atoms with Gasteiger partial charge in [0, 0.05) is 18.5 Å². The molecule has 0 radical (unpaired) electrons. The zero-order chi connectivity index (χ0) is 12.0. The first-order chi connectivity index (χ1) is 7.63. The second-order valence-corrected chi connectivity index (χ2v) is 4.35. The number of nitrogens with one attached hydrogen (secondary N) is 1. The Hall–Kier alpha value is -1.14. The summed E-state index contributed by atoms with van der Waals surface area (Å²) in [5.74, 6) is -0.362. The highest BCUT2D eigenvalue weighted by Crippen LogP contribution is 2.15. The topological polar surface area (TPSA) is 54.5 Å². The highest BCUT2D eigenvalue weighted by Gasteiger charge is 2.10. The van der Waals surface area contributed by atoms with Crippen molar-refractivity contribution in [3.05, 3.63) is 11.1 Å². The molecule has 6 heteroatoms. The molecule has 0 spiro atoms. The molecule has 0 aliphatic rings. The molecule has 0 aromatic carbocycles. The van der Waals surface area contributed by atoms with E-state index in [1.165, 1.54) is 11.3 Å². The van der Waals surface area contributed by atoms with Gasteiger partial charge in [-0.2, -0.15) is 0 Å². The first kappa shape index (κ1) is 12.9. The van der Waals surface area contributed by atoms with Crippen LogP contribution in [0.2, 0.25) is 0 Å². The molecule has 0 unspecified atom stereocenters. The van der Waals surface area contributed by atoms with Gasteiger partial charge in [-0.15, -0.1) is 11.3 Å². The molecule has 1 aromatic heterocycles. The molecule has 1 rings (SSSR count). The minimum absolute atomic E-state index is 0.362. The largest absolute Gasteiger partial charge is 0.461 e. The zero-order valence-electron chi connectivity index (χ0n) is 9.82. The number of carbonyl (C=O) groups is 1. The van der Waals surface area contributed by atoms with Gasteiger partial charge in [-0.3, -0.25) is 0 Å². The standard InChI is InChI=1S/C10H17N3O2S/c1-4-15-9(14)8-7-16-10(12-8)11-5-6-13(2)3/h7H,4-6H2,1-3H3,(H,11,12). The van der Waals surface area contributed by atoms with Gasteiger partial charge in [-0.05, 0) is 21.0 Å². The van der Waals surface area contributed by atoms with Gasteiger partial charge < -0.3 is 15.0 Å².